The van der Waals surface area contributed by atoms with Crippen LogP contribution in [0.1, 0.15) is 24.7 Å². The second-order valence-corrected chi connectivity index (χ2v) is 3.99. The molecular weight excluding hydrogens is 247 g/mol. The van der Waals surface area contributed by atoms with E-state index in [9.17, 15) is 13.2 Å². The fourth-order valence-corrected chi connectivity index (χ4v) is 1.27. The van der Waals surface area contributed by atoms with Crippen molar-refractivity contribution in [3.05, 3.63) is 23.8 Å². The number of aromatic nitrogens is 2. The van der Waals surface area contributed by atoms with Gasteiger partial charge in [-0.3, -0.25) is 0 Å². The molecule has 0 aromatic carbocycles. The highest BCUT2D eigenvalue weighted by molar-refractivity contribution is 5.06. The van der Waals surface area contributed by atoms with Crippen LogP contribution in [-0.2, 0) is 17.8 Å². The number of hydrogen-bond acceptors (Lipinski definition) is 4. The van der Waals surface area contributed by atoms with Crippen LogP contribution in [0.4, 0.5) is 13.2 Å². The first-order chi connectivity index (χ1) is 8.40. The number of ether oxygens (including phenoxy) is 1. The third-order valence-corrected chi connectivity index (χ3v) is 2.28. The maximum Gasteiger partial charge on any atom is 0.411 e. The van der Waals surface area contributed by atoms with Crippen molar-refractivity contribution in [2.45, 2.75) is 38.6 Å². The topological polar surface area (TPSA) is 61.0 Å². The summed E-state index contributed by atoms with van der Waals surface area (Å²) in [5, 5.41) is 0. The Kier molecular flexibility index (Phi) is 5.49. The maximum atomic E-state index is 11.8. The first-order valence-electron chi connectivity index (χ1n) is 5.60. The highest BCUT2D eigenvalue weighted by atomic mass is 19.4. The molecule has 0 amide bonds. The smallest absolute Gasteiger partial charge is 0.364 e. The lowest BCUT2D eigenvalue weighted by molar-refractivity contribution is -0.177. The minimum absolute atomic E-state index is 0.0425. The molecule has 0 aliphatic rings. The molecule has 102 valence electrons. The Morgan fingerprint density at radius 2 is 1.94 bits per heavy atom. The fourth-order valence-electron chi connectivity index (χ4n) is 1.27. The molecular formula is C11H16F3N3O. The largest absolute Gasteiger partial charge is 0.411 e. The van der Waals surface area contributed by atoms with Crippen LogP contribution in [0.3, 0.4) is 0 Å². The molecule has 1 atom stereocenters. The van der Waals surface area contributed by atoms with E-state index in [1.807, 2.05) is 6.92 Å². The molecule has 2 N–H and O–H groups in total. The number of nitrogens with two attached hydrogens (primary N) is 1. The van der Waals surface area contributed by atoms with Gasteiger partial charge in [0.2, 0.25) is 0 Å². The first-order valence-corrected chi connectivity index (χ1v) is 5.60. The Balaban J connectivity index is 2.41. The number of halogens is 3. The first kappa shape index (κ1) is 14.8. The van der Waals surface area contributed by atoms with Gasteiger partial charge < -0.3 is 10.5 Å². The summed E-state index contributed by atoms with van der Waals surface area (Å²) in [5.74, 6) is 0.230. The van der Waals surface area contributed by atoms with E-state index in [-0.39, 0.29) is 18.5 Å². The molecule has 18 heavy (non-hydrogen) atoms. The molecule has 1 rings (SSSR count). The summed E-state index contributed by atoms with van der Waals surface area (Å²) in [6.45, 7) is 0.434. The summed E-state index contributed by atoms with van der Waals surface area (Å²) in [4.78, 5) is 7.85. The summed E-state index contributed by atoms with van der Waals surface area (Å²) >= 11 is 0. The van der Waals surface area contributed by atoms with E-state index < -0.39 is 12.8 Å². The van der Waals surface area contributed by atoms with E-state index in [0.29, 0.717) is 6.42 Å². The third kappa shape index (κ3) is 5.92. The SMILES string of the molecule is CCC(N)Cc1cnc(COCC(F)(F)F)nc1. The van der Waals surface area contributed by atoms with E-state index in [4.69, 9.17) is 5.73 Å². The zero-order chi connectivity index (χ0) is 13.6. The van der Waals surface area contributed by atoms with E-state index in [1.165, 1.54) is 0 Å². The van der Waals surface area contributed by atoms with Crippen LogP contribution in [0, 0.1) is 0 Å². The highest BCUT2D eigenvalue weighted by Gasteiger charge is 2.27. The van der Waals surface area contributed by atoms with Crippen LogP contribution in [0.25, 0.3) is 0 Å². The molecule has 0 fully saturated rings. The minimum atomic E-state index is -4.33. The molecule has 4 nitrogen and oxygen atoms in total. The van der Waals surface area contributed by atoms with Crippen LogP contribution in [0.5, 0.6) is 0 Å². The van der Waals surface area contributed by atoms with E-state index >= 15 is 0 Å². The molecule has 0 aliphatic heterocycles. The van der Waals surface area contributed by atoms with Gasteiger partial charge in [0.25, 0.3) is 0 Å². The summed E-state index contributed by atoms with van der Waals surface area (Å²) in [7, 11) is 0. The van der Waals surface area contributed by atoms with Gasteiger partial charge in [0.05, 0.1) is 0 Å². The van der Waals surface area contributed by atoms with Crippen molar-refractivity contribution < 1.29 is 17.9 Å². The zero-order valence-corrected chi connectivity index (χ0v) is 10.1. The lowest BCUT2D eigenvalue weighted by Gasteiger charge is -2.09. The summed E-state index contributed by atoms with van der Waals surface area (Å²) in [6, 6.07) is 0.0425. The second kappa shape index (κ2) is 6.65. The van der Waals surface area contributed by atoms with Crippen LogP contribution >= 0.6 is 0 Å². The molecule has 1 aromatic rings. The van der Waals surface area contributed by atoms with Gasteiger partial charge in [-0.1, -0.05) is 6.92 Å². The normalized spacial score (nSPS) is 13.6. The van der Waals surface area contributed by atoms with Gasteiger partial charge in [0.15, 0.2) is 5.82 Å². The summed E-state index contributed by atoms with van der Waals surface area (Å²) in [6.07, 6.45) is 0.300. The summed E-state index contributed by atoms with van der Waals surface area (Å²) in [5.41, 5.74) is 6.63. The van der Waals surface area contributed by atoms with Crippen LogP contribution in [0.15, 0.2) is 12.4 Å². The van der Waals surface area contributed by atoms with E-state index in [1.54, 1.807) is 12.4 Å². The molecule has 7 heteroatoms. The van der Waals surface area contributed by atoms with Crippen LogP contribution < -0.4 is 5.73 Å². The molecule has 0 saturated carbocycles. The Morgan fingerprint density at radius 1 is 1.33 bits per heavy atom. The predicted molar refractivity (Wildman–Crippen MR) is 59.7 cm³/mol. The maximum absolute atomic E-state index is 11.8. The Hall–Kier alpha value is -1.21. The van der Waals surface area contributed by atoms with Gasteiger partial charge in [-0.25, -0.2) is 9.97 Å². The molecule has 0 radical (unpaired) electrons. The zero-order valence-electron chi connectivity index (χ0n) is 10.1. The van der Waals surface area contributed by atoms with Crippen molar-refractivity contribution in [1.82, 2.24) is 9.97 Å². The van der Waals surface area contributed by atoms with Crippen molar-refractivity contribution in [3.63, 3.8) is 0 Å². The minimum Gasteiger partial charge on any atom is -0.364 e. The number of nitrogens with zero attached hydrogens (tertiary/aromatic N) is 2. The quantitative estimate of drug-likeness (QED) is 0.850. The highest BCUT2D eigenvalue weighted by Crippen LogP contribution is 2.15. The lowest BCUT2D eigenvalue weighted by atomic mass is 10.1. The molecule has 0 spiro atoms. The van der Waals surface area contributed by atoms with Gasteiger partial charge in [-0.2, -0.15) is 13.2 Å². The van der Waals surface area contributed by atoms with Gasteiger partial charge in [-0.05, 0) is 18.4 Å². The Morgan fingerprint density at radius 3 is 2.44 bits per heavy atom. The fraction of sp³-hybridized carbons (Fsp3) is 0.636. The van der Waals surface area contributed by atoms with Crippen LogP contribution in [-0.4, -0.2) is 28.8 Å². The Labute approximate surface area is 103 Å². The van der Waals surface area contributed by atoms with Gasteiger partial charge in [0.1, 0.15) is 13.2 Å². The van der Waals surface area contributed by atoms with Crippen molar-refractivity contribution in [3.8, 4) is 0 Å². The average Bonchev–Trinajstić information content (AvgIpc) is 2.29. The van der Waals surface area contributed by atoms with Crippen molar-refractivity contribution in [1.29, 1.82) is 0 Å². The van der Waals surface area contributed by atoms with Gasteiger partial charge in [0, 0.05) is 18.4 Å². The molecule has 1 aromatic heterocycles. The van der Waals surface area contributed by atoms with Gasteiger partial charge >= 0.3 is 6.18 Å². The summed E-state index contributed by atoms with van der Waals surface area (Å²) < 4.78 is 39.9. The molecule has 0 saturated heterocycles. The average molecular weight is 263 g/mol. The Bertz CT molecular complexity index is 354. The predicted octanol–water partition coefficient (Wildman–Crippen LogP) is 1.84. The number of rotatable bonds is 6. The van der Waals surface area contributed by atoms with E-state index in [2.05, 4.69) is 14.7 Å². The lowest BCUT2D eigenvalue weighted by Crippen LogP contribution is -2.21. The molecule has 0 bridgehead atoms. The number of alkyl halides is 3. The van der Waals surface area contributed by atoms with Gasteiger partial charge in [-0.15, -0.1) is 0 Å². The van der Waals surface area contributed by atoms with E-state index in [0.717, 1.165) is 12.0 Å². The number of hydrogen-bond donors (Lipinski definition) is 1. The molecule has 1 heterocycles. The second-order valence-electron chi connectivity index (χ2n) is 3.99. The monoisotopic (exact) mass is 263 g/mol. The van der Waals surface area contributed by atoms with Crippen molar-refractivity contribution in [2.24, 2.45) is 5.73 Å². The van der Waals surface area contributed by atoms with Crippen molar-refractivity contribution in [2.75, 3.05) is 6.61 Å². The third-order valence-electron chi connectivity index (χ3n) is 2.28. The standard InChI is InChI=1S/C11H16F3N3O/c1-2-9(15)3-8-4-16-10(17-5-8)6-18-7-11(12,13)14/h4-5,9H,2-3,6-7,15H2,1H3. The van der Waals surface area contributed by atoms with Crippen LogP contribution in [0.2, 0.25) is 0 Å². The van der Waals surface area contributed by atoms with Crippen molar-refractivity contribution >= 4 is 0 Å². The molecule has 1 unspecified atom stereocenters. The molecule has 0 aliphatic carbocycles.